The summed E-state index contributed by atoms with van der Waals surface area (Å²) in [5, 5.41) is 2.56. The van der Waals surface area contributed by atoms with Crippen LogP contribution in [0, 0.1) is 11.7 Å². The number of sulfone groups is 1. The fourth-order valence-electron chi connectivity index (χ4n) is 1.97. The van der Waals surface area contributed by atoms with Crippen molar-refractivity contribution in [2.24, 2.45) is 5.92 Å². The van der Waals surface area contributed by atoms with Crippen LogP contribution in [-0.4, -0.2) is 25.8 Å². The van der Waals surface area contributed by atoms with Crippen LogP contribution in [0.3, 0.4) is 0 Å². The summed E-state index contributed by atoms with van der Waals surface area (Å²) in [6, 6.07) is 3.91. The lowest BCUT2D eigenvalue weighted by Gasteiger charge is -2.21. The number of carbonyl (C=O) groups is 1. The fraction of sp³-hybridized carbons (Fsp3) is 0.417. The van der Waals surface area contributed by atoms with Crippen LogP contribution < -0.4 is 5.32 Å². The van der Waals surface area contributed by atoms with E-state index in [0.29, 0.717) is 18.5 Å². The predicted octanol–water partition coefficient (Wildman–Crippen LogP) is 2.24. The number of rotatable bonds is 2. The number of anilines is 1. The average Bonchev–Trinajstić information content (AvgIpc) is 2.33. The number of hydrogen-bond acceptors (Lipinski definition) is 3. The van der Waals surface area contributed by atoms with Gasteiger partial charge in [0, 0.05) is 11.6 Å². The molecule has 1 saturated heterocycles. The van der Waals surface area contributed by atoms with Crippen molar-refractivity contribution in [2.75, 3.05) is 16.8 Å². The SMILES string of the molecule is O=C(Nc1ccc(F)c(Cl)c1)C1CCS(=O)(=O)CC1. The molecule has 0 unspecified atom stereocenters. The third-order valence-corrected chi connectivity index (χ3v) is 5.12. The van der Waals surface area contributed by atoms with E-state index >= 15 is 0 Å². The summed E-state index contributed by atoms with van der Waals surface area (Å²) >= 11 is 5.61. The molecule has 1 aromatic carbocycles. The number of nitrogens with one attached hydrogen (secondary N) is 1. The van der Waals surface area contributed by atoms with Crippen LogP contribution in [0.1, 0.15) is 12.8 Å². The zero-order chi connectivity index (χ0) is 14.0. The van der Waals surface area contributed by atoms with Crippen molar-refractivity contribution in [3.05, 3.63) is 29.0 Å². The standard InChI is InChI=1S/C12H13ClFNO3S/c13-10-7-9(1-2-11(10)14)15-12(16)8-3-5-19(17,18)6-4-8/h1-2,7-8H,3-6H2,(H,15,16). The Balaban J connectivity index is 2.00. The maximum atomic E-state index is 13.0. The molecule has 0 bridgehead atoms. The van der Waals surface area contributed by atoms with Gasteiger partial charge in [-0.25, -0.2) is 12.8 Å². The number of hydrogen-bond donors (Lipinski definition) is 1. The lowest BCUT2D eigenvalue weighted by Crippen LogP contribution is -2.31. The van der Waals surface area contributed by atoms with Crippen molar-refractivity contribution in [3.8, 4) is 0 Å². The van der Waals surface area contributed by atoms with Crippen molar-refractivity contribution >= 4 is 33.0 Å². The Bertz CT molecular complexity index is 589. The van der Waals surface area contributed by atoms with Gasteiger partial charge in [0.15, 0.2) is 0 Å². The minimum atomic E-state index is -2.99. The van der Waals surface area contributed by atoms with Crippen LogP contribution >= 0.6 is 11.6 Å². The van der Waals surface area contributed by atoms with Crippen LogP contribution in [0.2, 0.25) is 5.02 Å². The third kappa shape index (κ3) is 3.67. The monoisotopic (exact) mass is 305 g/mol. The first-order chi connectivity index (χ1) is 8.87. The van der Waals surface area contributed by atoms with E-state index < -0.39 is 15.7 Å². The molecule has 0 aliphatic carbocycles. The molecule has 0 atom stereocenters. The van der Waals surface area contributed by atoms with E-state index in [1.165, 1.54) is 18.2 Å². The third-order valence-electron chi connectivity index (χ3n) is 3.11. The molecule has 1 fully saturated rings. The molecule has 1 aliphatic rings. The first-order valence-electron chi connectivity index (χ1n) is 5.84. The van der Waals surface area contributed by atoms with Crippen LogP contribution in [0.15, 0.2) is 18.2 Å². The molecule has 2 rings (SSSR count). The van der Waals surface area contributed by atoms with Gasteiger partial charge in [-0.15, -0.1) is 0 Å². The molecule has 1 heterocycles. The Kier molecular flexibility index (Phi) is 4.10. The van der Waals surface area contributed by atoms with E-state index in [1.807, 2.05) is 0 Å². The molecule has 4 nitrogen and oxygen atoms in total. The first kappa shape index (κ1) is 14.3. The maximum absolute atomic E-state index is 13.0. The molecule has 0 aromatic heterocycles. The van der Waals surface area contributed by atoms with Gasteiger partial charge >= 0.3 is 0 Å². The second-order valence-corrected chi connectivity index (χ2v) is 7.26. The highest BCUT2D eigenvalue weighted by atomic mass is 35.5. The Morgan fingerprint density at radius 3 is 2.53 bits per heavy atom. The fourth-order valence-corrected chi connectivity index (χ4v) is 3.64. The van der Waals surface area contributed by atoms with Crippen LogP contribution in [0.4, 0.5) is 10.1 Å². The van der Waals surface area contributed by atoms with E-state index in [2.05, 4.69) is 5.32 Å². The Morgan fingerprint density at radius 2 is 1.95 bits per heavy atom. The molecule has 1 amide bonds. The van der Waals surface area contributed by atoms with Crippen LogP contribution in [-0.2, 0) is 14.6 Å². The van der Waals surface area contributed by atoms with E-state index in [4.69, 9.17) is 11.6 Å². The van der Waals surface area contributed by atoms with Gasteiger partial charge in [0.05, 0.1) is 16.5 Å². The normalized spacial score (nSPS) is 19.1. The second-order valence-electron chi connectivity index (χ2n) is 4.54. The Hall–Kier alpha value is -1.14. The number of halogens is 2. The first-order valence-corrected chi connectivity index (χ1v) is 8.04. The predicted molar refractivity (Wildman–Crippen MR) is 71.4 cm³/mol. The summed E-state index contributed by atoms with van der Waals surface area (Å²) in [4.78, 5) is 11.9. The van der Waals surface area contributed by atoms with Crippen molar-refractivity contribution in [2.45, 2.75) is 12.8 Å². The smallest absolute Gasteiger partial charge is 0.227 e. The summed E-state index contributed by atoms with van der Waals surface area (Å²) in [7, 11) is -2.99. The average molecular weight is 306 g/mol. The number of amides is 1. The minimum absolute atomic E-state index is 0.0370. The van der Waals surface area contributed by atoms with Crippen LogP contribution in [0.5, 0.6) is 0 Å². The van der Waals surface area contributed by atoms with Crippen molar-refractivity contribution in [1.29, 1.82) is 0 Å². The lowest BCUT2D eigenvalue weighted by molar-refractivity contribution is -0.120. The van der Waals surface area contributed by atoms with Gasteiger partial charge < -0.3 is 5.32 Å². The summed E-state index contributed by atoms with van der Waals surface area (Å²) in [5.74, 6) is -1.06. The summed E-state index contributed by atoms with van der Waals surface area (Å²) in [5.41, 5.74) is 0.407. The second kappa shape index (κ2) is 5.46. The van der Waals surface area contributed by atoms with Crippen molar-refractivity contribution in [1.82, 2.24) is 0 Å². The molecule has 1 aromatic rings. The molecule has 19 heavy (non-hydrogen) atoms. The maximum Gasteiger partial charge on any atom is 0.227 e. The highest BCUT2D eigenvalue weighted by Gasteiger charge is 2.28. The Morgan fingerprint density at radius 1 is 1.32 bits per heavy atom. The molecular formula is C12H13ClFNO3S. The quantitative estimate of drug-likeness (QED) is 0.911. The molecular weight excluding hydrogens is 293 g/mol. The molecule has 1 aliphatic heterocycles. The minimum Gasteiger partial charge on any atom is -0.326 e. The lowest BCUT2D eigenvalue weighted by atomic mass is 10.0. The van der Waals surface area contributed by atoms with Gasteiger partial charge in [0.2, 0.25) is 5.91 Å². The molecule has 104 valence electrons. The largest absolute Gasteiger partial charge is 0.326 e. The van der Waals surface area contributed by atoms with Crippen LogP contribution in [0.25, 0.3) is 0 Å². The van der Waals surface area contributed by atoms with Gasteiger partial charge in [0.1, 0.15) is 15.7 Å². The summed E-state index contributed by atoms with van der Waals surface area (Å²) in [6.07, 6.45) is 0.645. The van der Waals surface area contributed by atoms with Gasteiger partial charge in [-0.1, -0.05) is 11.6 Å². The van der Waals surface area contributed by atoms with Crippen molar-refractivity contribution < 1.29 is 17.6 Å². The van der Waals surface area contributed by atoms with Crippen molar-refractivity contribution in [3.63, 3.8) is 0 Å². The molecule has 1 N–H and O–H groups in total. The number of carbonyl (C=O) groups excluding carboxylic acids is 1. The number of benzene rings is 1. The topological polar surface area (TPSA) is 63.2 Å². The van der Waals surface area contributed by atoms with Gasteiger partial charge in [-0.05, 0) is 31.0 Å². The highest BCUT2D eigenvalue weighted by Crippen LogP contribution is 2.23. The van der Waals surface area contributed by atoms with E-state index in [-0.39, 0.29) is 28.4 Å². The van der Waals surface area contributed by atoms with Gasteiger partial charge in [-0.3, -0.25) is 4.79 Å². The zero-order valence-electron chi connectivity index (χ0n) is 10.0. The molecule has 0 spiro atoms. The van der Waals surface area contributed by atoms with E-state index in [1.54, 1.807) is 0 Å². The molecule has 0 saturated carbocycles. The molecule has 7 heteroatoms. The zero-order valence-corrected chi connectivity index (χ0v) is 11.6. The summed E-state index contributed by atoms with van der Waals surface area (Å²) < 4.78 is 35.5. The summed E-state index contributed by atoms with van der Waals surface area (Å²) in [6.45, 7) is 0. The van der Waals surface area contributed by atoms with E-state index in [9.17, 15) is 17.6 Å². The van der Waals surface area contributed by atoms with Gasteiger partial charge in [-0.2, -0.15) is 0 Å². The van der Waals surface area contributed by atoms with E-state index in [0.717, 1.165) is 0 Å². The van der Waals surface area contributed by atoms with Gasteiger partial charge in [0.25, 0.3) is 0 Å². The Labute approximate surface area is 115 Å². The molecule has 0 radical (unpaired) electrons. The highest BCUT2D eigenvalue weighted by molar-refractivity contribution is 7.91.